The summed E-state index contributed by atoms with van der Waals surface area (Å²) in [6.45, 7) is 5.33. The second kappa shape index (κ2) is 7.98. The van der Waals surface area contributed by atoms with Crippen molar-refractivity contribution < 1.29 is 9.59 Å². The lowest BCUT2D eigenvalue weighted by Crippen LogP contribution is -2.27. The molecule has 0 aliphatic rings. The van der Waals surface area contributed by atoms with Gasteiger partial charge in [-0.25, -0.2) is 9.67 Å². The van der Waals surface area contributed by atoms with Gasteiger partial charge in [0.15, 0.2) is 11.4 Å². The lowest BCUT2D eigenvalue weighted by molar-refractivity contribution is -0.116. The van der Waals surface area contributed by atoms with E-state index < -0.39 is 0 Å². The number of aryl methyl sites for hydroxylation is 2. The predicted molar refractivity (Wildman–Crippen MR) is 118 cm³/mol. The molecule has 2 heterocycles. The number of nitrogens with one attached hydrogen (secondary N) is 1. The zero-order valence-electron chi connectivity index (χ0n) is 17.4. The molecule has 0 unspecified atom stereocenters. The van der Waals surface area contributed by atoms with Crippen LogP contribution in [0.4, 0.5) is 5.69 Å². The fourth-order valence-corrected chi connectivity index (χ4v) is 3.25. The molecule has 8 nitrogen and oxygen atoms in total. The molecule has 2 aromatic carbocycles. The Labute approximate surface area is 178 Å². The second-order valence-electron chi connectivity index (χ2n) is 7.42. The van der Waals surface area contributed by atoms with E-state index in [4.69, 9.17) is 0 Å². The largest absolute Gasteiger partial charge is 0.325 e. The highest BCUT2D eigenvalue weighted by Crippen LogP contribution is 2.17. The van der Waals surface area contributed by atoms with Crippen LogP contribution in [0.1, 0.15) is 28.4 Å². The summed E-state index contributed by atoms with van der Waals surface area (Å²) in [7, 11) is 0. The second-order valence-corrected chi connectivity index (χ2v) is 7.42. The van der Waals surface area contributed by atoms with Crippen molar-refractivity contribution in [2.75, 3.05) is 5.32 Å². The number of fused-ring (bicyclic) bond motifs is 1. The summed E-state index contributed by atoms with van der Waals surface area (Å²) in [5.74, 6) is -0.425. The first-order chi connectivity index (χ1) is 14.8. The highest BCUT2D eigenvalue weighted by molar-refractivity contribution is 5.95. The monoisotopic (exact) mass is 415 g/mol. The molecule has 2 aromatic heterocycles. The lowest BCUT2D eigenvalue weighted by atomic mass is 10.1. The van der Waals surface area contributed by atoms with Crippen molar-refractivity contribution in [2.45, 2.75) is 27.3 Å². The summed E-state index contributed by atoms with van der Waals surface area (Å²) < 4.78 is 2.86. The van der Waals surface area contributed by atoms with Crippen molar-refractivity contribution in [3.8, 4) is 5.69 Å². The smallest absolute Gasteiger partial charge is 0.264 e. The van der Waals surface area contributed by atoms with Crippen LogP contribution in [-0.4, -0.2) is 31.0 Å². The first-order valence-electron chi connectivity index (χ1n) is 9.75. The van der Waals surface area contributed by atoms with Gasteiger partial charge in [-0.1, -0.05) is 6.07 Å². The van der Waals surface area contributed by atoms with Gasteiger partial charge in [-0.2, -0.15) is 5.10 Å². The molecule has 31 heavy (non-hydrogen) atoms. The Morgan fingerprint density at radius 2 is 1.77 bits per heavy atom. The van der Waals surface area contributed by atoms with Crippen molar-refractivity contribution in [2.24, 2.45) is 0 Å². The quantitative estimate of drug-likeness (QED) is 0.505. The van der Waals surface area contributed by atoms with Crippen molar-refractivity contribution in [1.29, 1.82) is 0 Å². The number of Topliss-reactive ketones (excluding diaryl/α,β-unsaturated/α-hetero) is 1. The number of amides is 1. The molecular formula is C23H21N5O3. The summed E-state index contributed by atoms with van der Waals surface area (Å²) in [5.41, 5.74) is 4.28. The fourth-order valence-electron chi connectivity index (χ4n) is 3.25. The Morgan fingerprint density at radius 3 is 2.45 bits per heavy atom. The third-order valence-corrected chi connectivity index (χ3v) is 5.18. The molecule has 0 radical (unpaired) electrons. The molecule has 0 saturated heterocycles. The number of anilines is 1. The van der Waals surface area contributed by atoms with E-state index in [-0.39, 0.29) is 23.8 Å². The van der Waals surface area contributed by atoms with Crippen LogP contribution in [0.2, 0.25) is 0 Å². The SMILES string of the molecule is CC(=O)c1ccc(NC(=O)Cn2cnc3c(cnn3-c3ccc(C)c(C)c3)c2=O)cc1. The zero-order valence-corrected chi connectivity index (χ0v) is 17.4. The molecule has 0 aliphatic heterocycles. The molecule has 0 bridgehead atoms. The highest BCUT2D eigenvalue weighted by Gasteiger charge is 2.14. The summed E-state index contributed by atoms with van der Waals surface area (Å²) in [6.07, 6.45) is 2.82. The first kappa shape index (κ1) is 20.2. The van der Waals surface area contributed by atoms with E-state index in [0.29, 0.717) is 22.3 Å². The Morgan fingerprint density at radius 1 is 1.03 bits per heavy atom. The minimum atomic E-state index is -0.375. The minimum Gasteiger partial charge on any atom is -0.325 e. The van der Waals surface area contributed by atoms with Crippen molar-refractivity contribution >= 4 is 28.4 Å². The Hall–Kier alpha value is -4.07. The highest BCUT2D eigenvalue weighted by atomic mass is 16.2. The summed E-state index contributed by atoms with van der Waals surface area (Å²) in [4.78, 5) is 41.0. The predicted octanol–water partition coefficient (Wildman–Crippen LogP) is 3.04. The standard InChI is InChI=1S/C23H21N5O3/c1-14-4-9-19(10-15(14)2)28-22-20(11-25-28)23(31)27(13-24-22)12-21(30)26-18-7-5-17(6-8-18)16(3)29/h4-11,13H,12H2,1-3H3,(H,26,30). The number of hydrogen-bond donors (Lipinski definition) is 1. The minimum absolute atomic E-state index is 0.0508. The normalized spacial score (nSPS) is 10.9. The van der Waals surface area contributed by atoms with Gasteiger partial charge in [0, 0.05) is 11.3 Å². The Bertz CT molecular complexity index is 1370. The average molecular weight is 415 g/mol. The molecule has 0 atom stereocenters. The van der Waals surface area contributed by atoms with Crippen molar-refractivity contribution in [1.82, 2.24) is 19.3 Å². The third-order valence-electron chi connectivity index (χ3n) is 5.18. The maximum Gasteiger partial charge on any atom is 0.264 e. The van der Waals surface area contributed by atoms with Crippen molar-refractivity contribution in [3.63, 3.8) is 0 Å². The molecule has 0 saturated carbocycles. The number of carbonyl (C=O) groups excluding carboxylic acids is 2. The molecule has 4 aromatic rings. The fraction of sp³-hybridized carbons (Fsp3) is 0.174. The van der Waals surface area contributed by atoms with Crippen molar-refractivity contribution in [3.05, 3.63) is 82.0 Å². The van der Waals surface area contributed by atoms with Gasteiger partial charge in [-0.3, -0.25) is 19.0 Å². The van der Waals surface area contributed by atoms with Crippen LogP contribution in [-0.2, 0) is 11.3 Å². The average Bonchev–Trinajstić information content (AvgIpc) is 3.17. The number of aromatic nitrogens is 4. The molecule has 1 N–H and O–H groups in total. The Kier molecular flexibility index (Phi) is 5.21. The molecule has 156 valence electrons. The van der Waals surface area contributed by atoms with E-state index in [9.17, 15) is 14.4 Å². The van der Waals surface area contributed by atoms with Gasteiger partial charge in [0.25, 0.3) is 5.56 Å². The van der Waals surface area contributed by atoms with Gasteiger partial charge in [-0.15, -0.1) is 0 Å². The van der Waals surface area contributed by atoms with E-state index in [0.717, 1.165) is 16.8 Å². The molecule has 4 rings (SSSR count). The zero-order chi connectivity index (χ0) is 22.1. The van der Waals surface area contributed by atoms with Gasteiger partial charge in [0.05, 0.1) is 11.9 Å². The summed E-state index contributed by atoms with van der Waals surface area (Å²) in [6, 6.07) is 12.5. The van der Waals surface area contributed by atoms with E-state index in [1.54, 1.807) is 28.9 Å². The Balaban J connectivity index is 1.57. The topological polar surface area (TPSA) is 98.9 Å². The first-order valence-corrected chi connectivity index (χ1v) is 9.75. The lowest BCUT2D eigenvalue weighted by Gasteiger charge is -2.09. The van der Waals surface area contributed by atoms with Gasteiger partial charge >= 0.3 is 0 Å². The van der Waals surface area contributed by atoms with Gasteiger partial charge in [0.1, 0.15) is 18.3 Å². The van der Waals surface area contributed by atoms with Gasteiger partial charge in [0.2, 0.25) is 5.91 Å². The number of nitrogens with zero attached hydrogens (tertiary/aromatic N) is 4. The van der Waals surface area contributed by atoms with Crippen LogP contribution >= 0.6 is 0 Å². The van der Waals surface area contributed by atoms with Crippen LogP contribution in [0.3, 0.4) is 0 Å². The molecule has 0 spiro atoms. The van der Waals surface area contributed by atoms with Crippen LogP contribution < -0.4 is 10.9 Å². The maximum atomic E-state index is 12.9. The molecule has 0 aliphatic carbocycles. The van der Waals surface area contributed by atoms with Crippen LogP contribution in [0, 0.1) is 13.8 Å². The summed E-state index contributed by atoms with van der Waals surface area (Å²) >= 11 is 0. The molecule has 1 amide bonds. The molecule has 0 fully saturated rings. The van der Waals surface area contributed by atoms with E-state index in [1.807, 2.05) is 32.0 Å². The third kappa shape index (κ3) is 4.00. The number of hydrogen-bond acceptors (Lipinski definition) is 5. The molecule has 8 heteroatoms. The maximum absolute atomic E-state index is 12.9. The van der Waals surface area contributed by atoms with E-state index >= 15 is 0 Å². The van der Waals surface area contributed by atoms with Crippen LogP contribution in [0.5, 0.6) is 0 Å². The molecular weight excluding hydrogens is 394 g/mol. The number of benzene rings is 2. The number of rotatable bonds is 5. The summed E-state index contributed by atoms with van der Waals surface area (Å²) in [5, 5.41) is 7.37. The number of ketones is 1. The number of carbonyl (C=O) groups is 2. The van der Waals surface area contributed by atoms with E-state index in [2.05, 4.69) is 15.4 Å². The van der Waals surface area contributed by atoms with Crippen LogP contribution in [0.25, 0.3) is 16.7 Å². The van der Waals surface area contributed by atoms with Gasteiger partial charge < -0.3 is 5.32 Å². The van der Waals surface area contributed by atoms with Gasteiger partial charge in [-0.05, 0) is 68.3 Å². The van der Waals surface area contributed by atoms with E-state index in [1.165, 1.54) is 24.0 Å². The van der Waals surface area contributed by atoms with Crippen LogP contribution in [0.15, 0.2) is 59.8 Å².